The first-order valence-electron chi connectivity index (χ1n) is 11.3. The van der Waals surface area contributed by atoms with E-state index in [4.69, 9.17) is 9.72 Å². The molecule has 0 bridgehead atoms. The molecule has 9 nitrogen and oxygen atoms in total. The number of aryl methyl sites for hydroxylation is 1. The van der Waals surface area contributed by atoms with E-state index in [9.17, 15) is 4.79 Å². The molecule has 0 radical (unpaired) electrons. The zero-order chi connectivity index (χ0) is 23.9. The molecule has 0 saturated carbocycles. The number of nitrogens with one attached hydrogen (secondary N) is 2. The number of H-pyrrole nitrogens is 1. The van der Waals surface area contributed by atoms with Gasteiger partial charge in [-0.05, 0) is 30.2 Å². The number of benzene rings is 2. The number of hydrogen-bond acceptors (Lipinski definition) is 6. The predicted molar refractivity (Wildman–Crippen MR) is 133 cm³/mol. The van der Waals surface area contributed by atoms with Crippen LogP contribution in [0.5, 0.6) is 5.75 Å². The van der Waals surface area contributed by atoms with Crippen LogP contribution in [0, 0.1) is 6.92 Å². The van der Waals surface area contributed by atoms with Crippen LogP contribution in [-0.4, -0.2) is 37.8 Å². The van der Waals surface area contributed by atoms with Crippen molar-refractivity contribution in [1.82, 2.24) is 24.8 Å². The number of aromatic amines is 1. The van der Waals surface area contributed by atoms with Gasteiger partial charge < -0.3 is 15.0 Å². The smallest absolute Gasteiger partial charge is 0.276 e. The Kier molecular flexibility index (Phi) is 4.95. The van der Waals surface area contributed by atoms with E-state index in [1.165, 1.54) is 11.1 Å². The van der Waals surface area contributed by atoms with E-state index >= 15 is 0 Å². The van der Waals surface area contributed by atoms with E-state index in [0.717, 1.165) is 30.2 Å². The first-order valence-corrected chi connectivity index (χ1v) is 11.3. The SMILES string of the molecule is COc1cccc(NC(=O)c2nn3c(-c4cn[nH]c4)cc(N4Cc5ccccc5C4)nc3c2C)c1. The summed E-state index contributed by atoms with van der Waals surface area (Å²) in [5, 5.41) is 14.6. The molecule has 1 amide bonds. The summed E-state index contributed by atoms with van der Waals surface area (Å²) < 4.78 is 6.98. The lowest BCUT2D eigenvalue weighted by molar-refractivity contribution is 0.102. The highest BCUT2D eigenvalue weighted by Gasteiger charge is 2.25. The van der Waals surface area contributed by atoms with Gasteiger partial charge in [0.2, 0.25) is 0 Å². The van der Waals surface area contributed by atoms with Gasteiger partial charge in [0.25, 0.3) is 5.91 Å². The number of aromatic nitrogens is 5. The molecule has 35 heavy (non-hydrogen) atoms. The topological polar surface area (TPSA) is 100 Å². The number of carbonyl (C=O) groups is 1. The normalized spacial score (nSPS) is 12.7. The summed E-state index contributed by atoms with van der Waals surface area (Å²) in [7, 11) is 1.59. The van der Waals surface area contributed by atoms with Gasteiger partial charge in [-0.2, -0.15) is 10.2 Å². The molecule has 1 aliphatic rings. The Morgan fingerprint density at radius 1 is 1.09 bits per heavy atom. The van der Waals surface area contributed by atoms with Crippen LogP contribution in [0.2, 0.25) is 0 Å². The Labute approximate surface area is 201 Å². The average molecular weight is 466 g/mol. The largest absolute Gasteiger partial charge is 0.497 e. The molecule has 3 aromatic heterocycles. The molecule has 6 rings (SSSR count). The standard InChI is InChI=1S/C26H23N7O2/c1-16-24(26(34)29-20-8-5-9-21(10-20)35-2)31-33-22(19-12-27-28-13-19)11-23(30-25(16)33)32-14-17-6-3-4-7-18(17)15-32/h3-13H,14-15H2,1-2H3,(H,27,28)(H,29,34). The van der Waals surface area contributed by atoms with Gasteiger partial charge in [-0.1, -0.05) is 30.3 Å². The molecule has 2 aromatic carbocycles. The zero-order valence-electron chi connectivity index (χ0n) is 19.3. The number of amides is 1. The third-order valence-electron chi connectivity index (χ3n) is 6.31. The summed E-state index contributed by atoms with van der Waals surface area (Å²) in [6.45, 7) is 3.43. The number of methoxy groups -OCH3 is 1. The van der Waals surface area contributed by atoms with E-state index in [1.807, 2.05) is 37.4 Å². The third kappa shape index (κ3) is 3.67. The minimum atomic E-state index is -0.311. The van der Waals surface area contributed by atoms with E-state index < -0.39 is 0 Å². The lowest BCUT2D eigenvalue weighted by Crippen LogP contribution is -2.17. The molecule has 9 heteroatoms. The first-order chi connectivity index (χ1) is 17.1. The van der Waals surface area contributed by atoms with E-state index in [0.29, 0.717) is 28.3 Å². The molecule has 174 valence electrons. The molecule has 0 unspecified atom stereocenters. The van der Waals surface area contributed by atoms with Crippen LogP contribution in [0.3, 0.4) is 0 Å². The number of fused-ring (bicyclic) bond motifs is 2. The van der Waals surface area contributed by atoms with Gasteiger partial charge in [-0.25, -0.2) is 9.50 Å². The van der Waals surface area contributed by atoms with Crippen molar-refractivity contribution >= 4 is 23.1 Å². The molecule has 4 heterocycles. The lowest BCUT2D eigenvalue weighted by atomic mass is 10.1. The number of carbonyl (C=O) groups excluding carboxylic acids is 1. The Morgan fingerprint density at radius 3 is 2.60 bits per heavy atom. The number of anilines is 2. The summed E-state index contributed by atoms with van der Waals surface area (Å²) in [6.07, 6.45) is 3.55. The minimum Gasteiger partial charge on any atom is -0.497 e. The molecule has 0 atom stereocenters. The highest BCUT2D eigenvalue weighted by atomic mass is 16.5. The van der Waals surface area contributed by atoms with Crippen LogP contribution in [0.1, 0.15) is 27.2 Å². The number of hydrogen-bond donors (Lipinski definition) is 2. The van der Waals surface area contributed by atoms with E-state index in [-0.39, 0.29) is 5.91 Å². The summed E-state index contributed by atoms with van der Waals surface area (Å²) >= 11 is 0. The number of nitrogens with zero attached hydrogens (tertiary/aromatic N) is 5. The Balaban J connectivity index is 1.42. The first kappa shape index (κ1) is 20.9. The van der Waals surface area contributed by atoms with Gasteiger partial charge in [0, 0.05) is 48.2 Å². The van der Waals surface area contributed by atoms with Crippen LogP contribution >= 0.6 is 0 Å². The monoisotopic (exact) mass is 465 g/mol. The molecule has 0 aliphatic carbocycles. The average Bonchev–Trinajstić information content (AvgIpc) is 3.63. The van der Waals surface area contributed by atoms with Gasteiger partial charge in [0.15, 0.2) is 11.3 Å². The van der Waals surface area contributed by atoms with Crippen LogP contribution in [0.15, 0.2) is 67.0 Å². The second-order valence-electron chi connectivity index (χ2n) is 8.51. The maximum atomic E-state index is 13.2. The maximum Gasteiger partial charge on any atom is 0.276 e. The molecule has 0 spiro atoms. The van der Waals surface area contributed by atoms with Crippen molar-refractivity contribution in [3.8, 4) is 17.0 Å². The van der Waals surface area contributed by atoms with E-state index in [1.54, 1.807) is 23.9 Å². The Morgan fingerprint density at radius 2 is 1.89 bits per heavy atom. The van der Waals surface area contributed by atoms with Gasteiger partial charge >= 0.3 is 0 Å². The van der Waals surface area contributed by atoms with Crippen LogP contribution < -0.4 is 15.0 Å². The van der Waals surface area contributed by atoms with Crippen molar-refractivity contribution in [2.45, 2.75) is 20.0 Å². The number of ether oxygens (including phenoxy) is 1. The summed E-state index contributed by atoms with van der Waals surface area (Å²) in [5.74, 6) is 1.18. The minimum absolute atomic E-state index is 0.311. The molecule has 5 aromatic rings. The van der Waals surface area contributed by atoms with Crippen molar-refractivity contribution in [3.63, 3.8) is 0 Å². The highest BCUT2D eigenvalue weighted by molar-refractivity contribution is 6.05. The molecule has 1 aliphatic heterocycles. The Bertz CT molecular complexity index is 1530. The summed E-state index contributed by atoms with van der Waals surface area (Å²) in [4.78, 5) is 20.4. The fraction of sp³-hybridized carbons (Fsp3) is 0.154. The van der Waals surface area contributed by atoms with Gasteiger partial charge in [0.1, 0.15) is 11.6 Å². The maximum absolute atomic E-state index is 13.2. The van der Waals surface area contributed by atoms with Crippen molar-refractivity contribution < 1.29 is 9.53 Å². The number of rotatable bonds is 5. The quantitative estimate of drug-likeness (QED) is 0.403. The fourth-order valence-electron chi connectivity index (χ4n) is 4.47. The zero-order valence-corrected chi connectivity index (χ0v) is 19.3. The third-order valence-corrected chi connectivity index (χ3v) is 6.31. The van der Waals surface area contributed by atoms with Gasteiger partial charge in [-0.15, -0.1) is 0 Å². The Hall–Kier alpha value is -4.66. The summed E-state index contributed by atoms with van der Waals surface area (Å²) in [5.41, 5.74) is 6.52. The van der Waals surface area contributed by atoms with Gasteiger partial charge in [-0.3, -0.25) is 9.89 Å². The lowest BCUT2D eigenvalue weighted by Gasteiger charge is -2.18. The second kappa shape index (κ2) is 8.28. The van der Waals surface area contributed by atoms with Crippen LogP contribution in [0.4, 0.5) is 11.5 Å². The van der Waals surface area contributed by atoms with Crippen molar-refractivity contribution in [3.05, 3.63) is 89.4 Å². The summed E-state index contributed by atoms with van der Waals surface area (Å²) in [6, 6.07) is 17.6. The molecule has 0 fully saturated rings. The van der Waals surface area contributed by atoms with Crippen LogP contribution in [-0.2, 0) is 13.1 Å². The highest BCUT2D eigenvalue weighted by Crippen LogP contribution is 2.32. The predicted octanol–water partition coefficient (Wildman–Crippen LogP) is 4.21. The van der Waals surface area contributed by atoms with Gasteiger partial charge in [0.05, 0.1) is 19.0 Å². The fourth-order valence-corrected chi connectivity index (χ4v) is 4.47. The second-order valence-corrected chi connectivity index (χ2v) is 8.51. The molecule has 0 saturated heterocycles. The van der Waals surface area contributed by atoms with Crippen molar-refractivity contribution in [2.75, 3.05) is 17.3 Å². The molecular weight excluding hydrogens is 442 g/mol. The van der Waals surface area contributed by atoms with E-state index in [2.05, 4.69) is 49.8 Å². The molecule has 2 N–H and O–H groups in total. The van der Waals surface area contributed by atoms with Crippen LogP contribution in [0.25, 0.3) is 16.9 Å². The van der Waals surface area contributed by atoms with Crippen molar-refractivity contribution in [1.29, 1.82) is 0 Å². The van der Waals surface area contributed by atoms with Crippen molar-refractivity contribution in [2.24, 2.45) is 0 Å². The molecular formula is C26H23N7O2.